The fourth-order valence-electron chi connectivity index (χ4n) is 1.32. The van der Waals surface area contributed by atoms with Gasteiger partial charge in [-0.3, -0.25) is 4.79 Å². The Kier molecular flexibility index (Phi) is 3.39. The second kappa shape index (κ2) is 4.97. The van der Waals surface area contributed by atoms with Crippen molar-refractivity contribution in [1.82, 2.24) is 9.78 Å². The number of hydrogen-bond donors (Lipinski definition) is 1. The van der Waals surface area contributed by atoms with Crippen molar-refractivity contribution in [2.75, 3.05) is 11.2 Å². The monoisotopic (exact) mass is 253 g/mol. The second-order valence-corrected chi connectivity index (χ2v) is 3.60. The number of halogens is 2. The summed E-state index contributed by atoms with van der Waals surface area (Å²) in [6.07, 6.45) is 3.12. The lowest BCUT2D eigenvalue weighted by atomic mass is 10.3. The van der Waals surface area contributed by atoms with E-state index in [1.54, 1.807) is 18.3 Å². The molecule has 0 spiro atoms. The zero-order valence-electron chi connectivity index (χ0n) is 8.73. The van der Waals surface area contributed by atoms with E-state index in [-0.39, 0.29) is 17.6 Å². The number of benzene rings is 1. The average Bonchev–Trinajstić information content (AvgIpc) is 2.78. The highest BCUT2D eigenvalue weighted by molar-refractivity contribution is 6.29. The van der Waals surface area contributed by atoms with Crippen molar-refractivity contribution in [2.24, 2.45) is 0 Å². The first-order chi connectivity index (χ1) is 8.19. The van der Waals surface area contributed by atoms with Crippen LogP contribution in [-0.2, 0) is 4.79 Å². The lowest BCUT2D eigenvalue weighted by molar-refractivity contribution is -0.113. The Bertz CT molecular complexity index is 524. The first kappa shape index (κ1) is 11.6. The molecular weight excluding hydrogens is 245 g/mol. The third-order valence-corrected chi connectivity index (χ3v) is 2.32. The number of hydrogen-bond acceptors (Lipinski definition) is 2. The lowest BCUT2D eigenvalue weighted by Gasteiger charge is -2.00. The normalized spacial score (nSPS) is 10.2. The lowest BCUT2D eigenvalue weighted by Crippen LogP contribution is -2.11. The number of anilines is 1. The van der Waals surface area contributed by atoms with Crippen LogP contribution in [0.5, 0.6) is 0 Å². The highest BCUT2D eigenvalue weighted by Crippen LogP contribution is 2.12. The highest BCUT2D eigenvalue weighted by atomic mass is 35.5. The van der Waals surface area contributed by atoms with E-state index >= 15 is 0 Å². The number of amides is 1. The summed E-state index contributed by atoms with van der Waals surface area (Å²) in [4.78, 5) is 11.0. The van der Waals surface area contributed by atoms with E-state index in [9.17, 15) is 9.18 Å². The van der Waals surface area contributed by atoms with Gasteiger partial charge in [-0.25, -0.2) is 9.07 Å². The molecule has 2 rings (SSSR count). The zero-order valence-corrected chi connectivity index (χ0v) is 9.49. The molecule has 1 N–H and O–H groups in total. The van der Waals surface area contributed by atoms with Crippen LogP contribution in [0.2, 0.25) is 0 Å². The van der Waals surface area contributed by atoms with Gasteiger partial charge in [-0.15, -0.1) is 11.6 Å². The minimum atomic E-state index is -0.309. The number of alkyl halides is 1. The number of aromatic nitrogens is 2. The Morgan fingerprint density at radius 3 is 2.76 bits per heavy atom. The van der Waals surface area contributed by atoms with Crippen LogP contribution >= 0.6 is 11.6 Å². The molecule has 0 aliphatic rings. The molecule has 0 radical (unpaired) electrons. The van der Waals surface area contributed by atoms with Gasteiger partial charge in [0, 0.05) is 0 Å². The molecule has 0 aliphatic carbocycles. The van der Waals surface area contributed by atoms with Gasteiger partial charge in [0.25, 0.3) is 0 Å². The van der Waals surface area contributed by atoms with Crippen LogP contribution in [0, 0.1) is 5.82 Å². The third-order valence-electron chi connectivity index (χ3n) is 2.08. The molecule has 1 aromatic carbocycles. The van der Waals surface area contributed by atoms with Crippen molar-refractivity contribution < 1.29 is 9.18 Å². The van der Waals surface area contributed by atoms with E-state index in [4.69, 9.17) is 11.6 Å². The first-order valence-electron chi connectivity index (χ1n) is 4.85. The van der Waals surface area contributed by atoms with E-state index in [1.165, 1.54) is 23.0 Å². The van der Waals surface area contributed by atoms with Crippen LogP contribution in [0.15, 0.2) is 36.7 Å². The molecule has 0 aliphatic heterocycles. The maximum Gasteiger partial charge on any atom is 0.239 e. The van der Waals surface area contributed by atoms with E-state index in [1.807, 2.05) is 0 Å². The van der Waals surface area contributed by atoms with Crippen molar-refractivity contribution >= 4 is 23.2 Å². The predicted molar refractivity (Wildman–Crippen MR) is 62.9 cm³/mol. The molecule has 0 saturated carbocycles. The number of rotatable bonds is 3. The van der Waals surface area contributed by atoms with Gasteiger partial charge in [-0.05, 0) is 24.3 Å². The summed E-state index contributed by atoms with van der Waals surface area (Å²) in [5, 5.41) is 6.60. The van der Waals surface area contributed by atoms with Gasteiger partial charge in [-0.1, -0.05) is 0 Å². The minimum Gasteiger partial charge on any atom is -0.322 e. The minimum absolute atomic E-state index is 0.109. The molecule has 17 heavy (non-hydrogen) atoms. The van der Waals surface area contributed by atoms with E-state index < -0.39 is 0 Å². The Morgan fingerprint density at radius 1 is 1.41 bits per heavy atom. The van der Waals surface area contributed by atoms with Gasteiger partial charge in [0.2, 0.25) is 5.91 Å². The number of carbonyl (C=O) groups is 1. The number of nitrogens with zero attached hydrogens (tertiary/aromatic N) is 2. The van der Waals surface area contributed by atoms with Gasteiger partial charge in [-0.2, -0.15) is 5.10 Å². The highest BCUT2D eigenvalue weighted by Gasteiger charge is 2.04. The number of carbonyl (C=O) groups excluding carboxylic acids is 1. The first-order valence-corrected chi connectivity index (χ1v) is 5.39. The van der Waals surface area contributed by atoms with Crippen LogP contribution in [0.4, 0.5) is 10.1 Å². The smallest absolute Gasteiger partial charge is 0.239 e. The molecule has 88 valence electrons. The fraction of sp³-hybridized carbons (Fsp3) is 0.0909. The summed E-state index contributed by atoms with van der Waals surface area (Å²) < 4.78 is 14.3. The Morgan fingerprint density at radius 2 is 2.12 bits per heavy atom. The van der Waals surface area contributed by atoms with E-state index in [2.05, 4.69) is 10.4 Å². The molecule has 1 aromatic heterocycles. The zero-order chi connectivity index (χ0) is 12.3. The van der Waals surface area contributed by atoms with Crippen LogP contribution < -0.4 is 5.32 Å². The summed E-state index contributed by atoms with van der Waals surface area (Å²) in [7, 11) is 0. The Balaban J connectivity index is 2.18. The molecule has 6 heteroatoms. The molecule has 0 unspecified atom stereocenters. The summed E-state index contributed by atoms with van der Waals surface area (Å²) in [5.41, 5.74) is 1.25. The maximum absolute atomic E-state index is 12.7. The van der Waals surface area contributed by atoms with Gasteiger partial charge in [0.05, 0.1) is 23.8 Å². The van der Waals surface area contributed by atoms with Gasteiger partial charge in [0.15, 0.2) is 0 Å². The topological polar surface area (TPSA) is 46.9 Å². The fourth-order valence-corrected chi connectivity index (χ4v) is 1.38. The van der Waals surface area contributed by atoms with Crippen LogP contribution in [-0.4, -0.2) is 21.6 Å². The van der Waals surface area contributed by atoms with Crippen LogP contribution in [0.1, 0.15) is 0 Å². The molecule has 0 saturated heterocycles. The summed E-state index contributed by atoms with van der Waals surface area (Å²) in [5.74, 6) is -0.719. The molecule has 4 nitrogen and oxygen atoms in total. The molecule has 0 fully saturated rings. The molecule has 0 bridgehead atoms. The number of nitrogens with one attached hydrogen (secondary N) is 1. The SMILES string of the molecule is O=C(CCl)Nc1cnn(-c2ccc(F)cc2)c1. The van der Waals surface area contributed by atoms with E-state index in [0.29, 0.717) is 11.4 Å². The molecule has 1 amide bonds. The van der Waals surface area contributed by atoms with Crippen molar-refractivity contribution in [1.29, 1.82) is 0 Å². The van der Waals surface area contributed by atoms with Crippen LogP contribution in [0.25, 0.3) is 5.69 Å². The maximum atomic E-state index is 12.7. The van der Waals surface area contributed by atoms with Crippen LogP contribution in [0.3, 0.4) is 0 Å². The summed E-state index contributed by atoms with van der Waals surface area (Å²) in [6, 6.07) is 5.87. The average molecular weight is 254 g/mol. The largest absolute Gasteiger partial charge is 0.322 e. The van der Waals surface area contributed by atoms with Crippen molar-refractivity contribution in [2.45, 2.75) is 0 Å². The van der Waals surface area contributed by atoms with Crippen molar-refractivity contribution in [3.8, 4) is 5.69 Å². The Labute approximate surface area is 102 Å². The molecule has 1 heterocycles. The van der Waals surface area contributed by atoms with Gasteiger partial charge < -0.3 is 5.32 Å². The quantitative estimate of drug-likeness (QED) is 0.853. The summed E-state index contributed by atoms with van der Waals surface area (Å²) >= 11 is 5.36. The van der Waals surface area contributed by atoms with Crippen molar-refractivity contribution in [3.05, 3.63) is 42.5 Å². The summed E-state index contributed by atoms with van der Waals surface area (Å²) in [6.45, 7) is 0. The predicted octanol–water partition coefficient (Wildman–Crippen LogP) is 2.19. The second-order valence-electron chi connectivity index (χ2n) is 3.33. The molecule has 2 aromatic rings. The Hall–Kier alpha value is -1.88. The third kappa shape index (κ3) is 2.82. The van der Waals surface area contributed by atoms with Crippen molar-refractivity contribution in [3.63, 3.8) is 0 Å². The van der Waals surface area contributed by atoms with Gasteiger partial charge in [0.1, 0.15) is 11.7 Å². The van der Waals surface area contributed by atoms with E-state index in [0.717, 1.165) is 0 Å². The standard InChI is InChI=1S/C11H9ClFN3O/c12-5-11(17)15-9-6-14-16(7-9)10-3-1-8(13)2-4-10/h1-4,6-7H,5H2,(H,15,17). The van der Waals surface area contributed by atoms with Gasteiger partial charge >= 0.3 is 0 Å². The molecular formula is C11H9ClFN3O. The molecule has 0 atom stereocenters.